The Balaban J connectivity index is 2.19. The summed E-state index contributed by atoms with van der Waals surface area (Å²) in [6, 6.07) is 0. The summed E-state index contributed by atoms with van der Waals surface area (Å²) in [6.07, 6.45) is 2.37. The van der Waals surface area contributed by atoms with Gasteiger partial charge in [-0.3, -0.25) is 4.79 Å². The monoisotopic (exact) mass is 200 g/mol. The Morgan fingerprint density at radius 1 is 1.64 bits per heavy atom. The lowest BCUT2D eigenvalue weighted by molar-refractivity contribution is -0.122. The second-order valence-electron chi connectivity index (χ2n) is 4.13. The molecule has 1 amide bonds. The van der Waals surface area contributed by atoms with Gasteiger partial charge in [-0.15, -0.1) is 0 Å². The maximum Gasteiger partial charge on any atom is 0.220 e. The zero-order chi connectivity index (χ0) is 10.4. The van der Waals surface area contributed by atoms with Crippen LogP contribution >= 0.6 is 0 Å². The van der Waals surface area contributed by atoms with Crippen LogP contribution in [0.2, 0.25) is 0 Å². The van der Waals surface area contributed by atoms with Crippen molar-refractivity contribution >= 4 is 5.91 Å². The molecule has 1 atom stereocenters. The number of hydrogen-bond acceptors (Lipinski definition) is 3. The molecule has 1 fully saturated rings. The van der Waals surface area contributed by atoms with Crippen molar-refractivity contribution in [2.24, 2.45) is 0 Å². The Bertz CT molecular complexity index is 189. The third-order valence-corrected chi connectivity index (χ3v) is 2.56. The van der Waals surface area contributed by atoms with Crippen molar-refractivity contribution in [1.29, 1.82) is 0 Å². The summed E-state index contributed by atoms with van der Waals surface area (Å²) in [7, 11) is 1.65. The van der Waals surface area contributed by atoms with E-state index in [4.69, 9.17) is 4.74 Å². The molecular formula is C10H20N2O2. The van der Waals surface area contributed by atoms with E-state index in [1.165, 1.54) is 0 Å². The molecule has 1 heterocycles. The molecule has 1 aliphatic rings. The number of rotatable bonds is 5. The molecule has 82 valence electrons. The van der Waals surface area contributed by atoms with Crippen LogP contribution in [0.5, 0.6) is 0 Å². The van der Waals surface area contributed by atoms with Gasteiger partial charge in [0, 0.05) is 26.7 Å². The van der Waals surface area contributed by atoms with Gasteiger partial charge in [-0.25, -0.2) is 0 Å². The lowest BCUT2D eigenvalue weighted by Gasteiger charge is -2.24. The van der Waals surface area contributed by atoms with Gasteiger partial charge in [0.05, 0.1) is 5.54 Å². The van der Waals surface area contributed by atoms with Crippen molar-refractivity contribution in [2.75, 3.05) is 26.8 Å². The molecule has 0 radical (unpaired) electrons. The molecule has 0 aromatic rings. The van der Waals surface area contributed by atoms with E-state index in [0.717, 1.165) is 25.9 Å². The highest BCUT2D eigenvalue weighted by Crippen LogP contribution is 2.13. The van der Waals surface area contributed by atoms with E-state index in [9.17, 15) is 4.79 Å². The molecule has 0 aromatic heterocycles. The fourth-order valence-corrected chi connectivity index (χ4v) is 1.70. The standard InChI is InChI=1S/C10H20N2O2/c1-10(5-6-11-8-10)12-9(13)4-3-7-14-2/h11H,3-8H2,1-2H3,(H,12,13). The van der Waals surface area contributed by atoms with Crippen molar-refractivity contribution in [1.82, 2.24) is 10.6 Å². The van der Waals surface area contributed by atoms with Crippen LogP contribution < -0.4 is 10.6 Å². The van der Waals surface area contributed by atoms with Gasteiger partial charge in [0.2, 0.25) is 5.91 Å². The highest BCUT2D eigenvalue weighted by Gasteiger charge is 2.29. The van der Waals surface area contributed by atoms with Gasteiger partial charge >= 0.3 is 0 Å². The molecular weight excluding hydrogens is 180 g/mol. The summed E-state index contributed by atoms with van der Waals surface area (Å²) in [6.45, 7) is 4.61. The maximum absolute atomic E-state index is 11.5. The molecule has 1 rings (SSSR count). The molecule has 0 saturated carbocycles. The average molecular weight is 200 g/mol. The first kappa shape index (κ1) is 11.5. The van der Waals surface area contributed by atoms with E-state index in [1.807, 2.05) is 0 Å². The molecule has 1 saturated heterocycles. The minimum atomic E-state index is -0.0375. The number of amides is 1. The summed E-state index contributed by atoms with van der Waals surface area (Å²) < 4.78 is 4.90. The zero-order valence-electron chi connectivity index (χ0n) is 9.06. The van der Waals surface area contributed by atoms with Gasteiger partial charge in [0.25, 0.3) is 0 Å². The topological polar surface area (TPSA) is 50.4 Å². The Morgan fingerprint density at radius 3 is 3.00 bits per heavy atom. The minimum Gasteiger partial charge on any atom is -0.385 e. The molecule has 0 spiro atoms. The zero-order valence-corrected chi connectivity index (χ0v) is 9.06. The largest absolute Gasteiger partial charge is 0.385 e. The Morgan fingerprint density at radius 2 is 2.43 bits per heavy atom. The van der Waals surface area contributed by atoms with Gasteiger partial charge in [-0.1, -0.05) is 0 Å². The third-order valence-electron chi connectivity index (χ3n) is 2.56. The highest BCUT2D eigenvalue weighted by atomic mass is 16.5. The normalized spacial score (nSPS) is 26.4. The third kappa shape index (κ3) is 3.64. The van der Waals surface area contributed by atoms with Crippen LogP contribution in [0, 0.1) is 0 Å². The van der Waals surface area contributed by atoms with Crippen molar-refractivity contribution in [3.63, 3.8) is 0 Å². The lowest BCUT2D eigenvalue weighted by Crippen LogP contribution is -2.47. The van der Waals surface area contributed by atoms with Crippen molar-refractivity contribution in [3.05, 3.63) is 0 Å². The van der Waals surface area contributed by atoms with E-state index in [0.29, 0.717) is 13.0 Å². The van der Waals surface area contributed by atoms with Crippen LogP contribution in [0.25, 0.3) is 0 Å². The van der Waals surface area contributed by atoms with Crippen LogP contribution in [-0.4, -0.2) is 38.3 Å². The maximum atomic E-state index is 11.5. The molecule has 4 nitrogen and oxygen atoms in total. The molecule has 4 heteroatoms. The number of hydrogen-bond donors (Lipinski definition) is 2. The second-order valence-corrected chi connectivity index (χ2v) is 4.13. The van der Waals surface area contributed by atoms with Crippen LogP contribution in [0.15, 0.2) is 0 Å². The SMILES string of the molecule is COCCCC(=O)NC1(C)CCNC1. The summed E-state index contributed by atoms with van der Waals surface area (Å²) in [5.41, 5.74) is -0.0375. The first-order valence-electron chi connectivity index (χ1n) is 5.17. The fraction of sp³-hybridized carbons (Fsp3) is 0.900. The molecule has 1 aliphatic heterocycles. The number of ether oxygens (including phenoxy) is 1. The van der Waals surface area contributed by atoms with Crippen molar-refractivity contribution in [3.8, 4) is 0 Å². The number of carbonyl (C=O) groups excluding carboxylic acids is 1. The van der Waals surface area contributed by atoms with Crippen molar-refractivity contribution < 1.29 is 9.53 Å². The van der Waals surface area contributed by atoms with E-state index >= 15 is 0 Å². The Labute approximate surface area is 85.4 Å². The van der Waals surface area contributed by atoms with Crippen LogP contribution in [-0.2, 0) is 9.53 Å². The summed E-state index contributed by atoms with van der Waals surface area (Å²) in [5, 5.41) is 6.30. The van der Waals surface area contributed by atoms with E-state index < -0.39 is 0 Å². The van der Waals surface area contributed by atoms with Gasteiger partial charge in [0.1, 0.15) is 0 Å². The first-order chi connectivity index (χ1) is 6.66. The number of nitrogens with one attached hydrogen (secondary N) is 2. The number of methoxy groups -OCH3 is 1. The van der Waals surface area contributed by atoms with Crippen molar-refractivity contribution in [2.45, 2.75) is 31.7 Å². The minimum absolute atomic E-state index is 0.0375. The molecule has 1 unspecified atom stereocenters. The lowest BCUT2D eigenvalue weighted by atomic mass is 10.0. The van der Waals surface area contributed by atoms with E-state index in [2.05, 4.69) is 17.6 Å². The van der Waals surface area contributed by atoms with Crippen LogP contribution in [0.4, 0.5) is 0 Å². The predicted molar refractivity (Wildman–Crippen MR) is 55.1 cm³/mol. The highest BCUT2D eigenvalue weighted by molar-refractivity contribution is 5.76. The molecule has 14 heavy (non-hydrogen) atoms. The quantitative estimate of drug-likeness (QED) is 0.627. The Hall–Kier alpha value is -0.610. The van der Waals surface area contributed by atoms with Gasteiger partial charge in [-0.2, -0.15) is 0 Å². The van der Waals surface area contributed by atoms with Crippen LogP contribution in [0.3, 0.4) is 0 Å². The smallest absolute Gasteiger partial charge is 0.220 e. The predicted octanol–water partition coefficient (Wildman–Crippen LogP) is 0.281. The average Bonchev–Trinajstić information content (AvgIpc) is 2.52. The van der Waals surface area contributed by atoms with Gasteiger partial charge < -0.3 is 15.4 Å². The Kier molecular flexibility index (Phi) is 4.35. The summed E-state index contributed by atoms with van der Waals surface area (Å²) in [4.78, 5) is 11.5. The van der Waals surface area contributed by atoms with Crippen LogP contribution in [0.1, 0.15) is 26.2 Å². The molecule has 0 bridgehead atoms. The molecule has 0 aliphatic carbocycles. The first-order valence-corrected chi connectivity index (χ1v) is 5.17. The summed E-state index contributed by atoms with van der Waals surface area (Å²) in [5.74, 6) is 0.133. The van der Waals surface area contributed by atoms with E-state index in [1.54, 1.807) is 7.11 Å². The van der Waals surface area contributed by atoms with E-state index in [-0.39, 0.29) is 11.4 Å². The fourth-order valence-electron chi connectivity index (χ4n) is 1.70. The molecule has 0 aromatic carbocycles. The molecule has 2 N–H and O–H groups in total. The van der Waals surface area contributed by atoms with Gasteiger partial charge in [-0.05, 0) is 26.3 Å². The second kappa shape index (κ2) is 5.32. The van der Waals surface area contributed by atoms with Gasteiger partial charge in [0.15, 0.2) is 0 Å². The number of carbonyl (C=O) groups is 1. The summed E-state index contributed by atoms with van der Waals surface area (Å²) >= 11 is 0.